The lowest BCUT2D eigenvalue weighted by Crippen LogP contribution is -2.49. The molecule has 2 rings (SSSR count). The molecule has 1 N–H and O–H groups in total. The van der Waals surface area contributed by atoms with Crippen LogP contribution in [-0.2, 0) is 0 Å². The van der Waals surface area contributed by atoms with Gasteiger partial charge >= 0.3 is 0 Å². The summed E-state index contributed by atoms with van der Waals surface area (Å²) in [6.07, 6.45) is 8.59. The Hall–Kier alpha value is -0.0400. The summed E-state index contributed by atoms with van der Waals surface area (Å²) < 4.78 is 0. The zero-order valence-corrected chi connectivity index (χ0v) is 9.05. The van der Waals surface area contributed by atoms with Gasteiger partial charge in [0.25, 0.3) is 0 Å². The van der Waals surface area contributed by atoms with Gasteiger partial charge in [0.05, 0.1) is 0 Å². The van der Waals surface area contributed by atoms with E-state index in [4.69, 9.17) is 0 Å². The molecule has 0 heterocycles. The van der Waals surface area contributed by atoms with Gasteiger partial charge in [-0.1, -0.05) is 26.7 Å². The first-order valence-electron chi connectivity index (χ1n) is 6.07. The number of nitrogens with one attached hydrogen (secondary N) is 1. The van der Waals surface area contributed by atoms with Crippen molar-refractivity contribution in [2.24, 2.45) is 11.8 Å². The van der Waals surface area contributed by atoms with Crippen molar-refractivity contribution in [3.05, 3.63) is 0 Å². The summed E-state index contributed by atoms with van der Waals surface area (Å²) in [5, 5.41) is 3.87. The lowest BCUT2D eigenvalue weighted by Gasteiger charge is -2.39. The topological polar surface area (TPSA) is 12.0 Å². The van der Waals surface area contributed by atoms with Crippen molar-refractivity contribution in [3.63, 3.8) is 0 Å². The van der Waals surface area contributed by atoms with E-state index in [9.17, 15) is 0 Å². The highest BCUT2D eigenvalue weighted by molar-refractivity contribution is 4.91. The maximum atomic E-state index is 3.87. The third-order valence-electron chi connectivity index (χ3n) is 4.23. The highest BCUT2D eigenvalue weighted by Crippen LogP contribution is 2.33. The third-order valence-corrected chi connectivity index (χ3v) is 4.23. The van der Waals surface area contributed by atoms with Crippen LogP contribution in [0.1, 0.15) is 52.4 Å². The second-order valence-corrected chi connectivity index (χ2v) is 5.03. The van der Waals surface area contributed by atoms with Gasteiger partial charge < -0.3 is 5.32 Å². The Morgan fingerprint density at radius 2 is 1.92 bits per heavy atom. The Bertz CT molecular complexity index is 165. The van der Waals surface area contributed by atoms with Gasteiger partial charge in [-0.15, -0.1) is 0 Å². The number of rotatable bonds is 3. The molecular weight excluding hydrogens is 158 g/mol. The Kier molecular flexibility index (Phi) is 2.92. The zero-order chi connectivity index (χ0) is 9.26. The molecule has 0 amide bonds. The summed E-state index contributed by atoms with van der Waals surface area (Å²) in [6, 6.07) is 1.72. The molecule has 13 heavy (non-hydrogen) atoms. The van der Waals surface area contributed by atoms with Crippen molar-refractivity contribution < 1.29 is 0 Å². The number of hydrogen-bond acceptors (Lipinski definition) is 1. The monoisotopic (exact) mass is 181 g/mol. The minimum absolute atomic E-state index is 0.847. The van der Waals surface area contributed by atoms with Gasteiger partial charge in [-0.3, -0.25) is 0 Å². The summed E-state index contributed by atoms with van der Waals surface area (Å²) in [5.41, 5.74) is 0. The van der Waals surface area contributed by atoms with E-state index in [2.05, 4.69) is 19.2 Å². The molecule has 1 nitrogen and oxygen atoms in total. The van der Waals surface area contributed by atoms with E-state index >= 15 is 0 Å². The van der Waals surface area contributed by atoms with Crippen LogP contribution in [0.15, 0.2) is 0 Å². The predicted octanol–water partition coefficient (Wildman–Crippen LogP) is 2.95. The van der Waals surface area contributed by atoms with Crippen LogP contribution >= 0.6 is 0 Å². The molecule has 4 unspecified atom stereocenters. The lowest BCUT2D eigenvalue weighted by molar-refractivity contribution is 0.177. The molecule has 4 atom stereocenters. The van der Waals surface area contributed by atoms with E-state index in [1.165, 1.54) is 38.5 Å². The zero-order valence-electron chi connectivity index (χ0n) is 9.05. The van der Waals surface area contributed by atoms with E-state index in [0.717, 1.165) is 23.9 Å². The Morgan fingerprint density at radius 3 is 2.38 bits per heavy atom. The van der Waals surface area contributed by atoms with Crippen LogP contribution in [0, 0.1) is 11.8 Å². The average Bonchev–Trinajstić information content (AvgIpc) is 2.46. The van der Waals surface area contributed by atoms with Crippen LogP contribution in [0.25, 0.3) is 0 Å². The summed E-state index contributed by atoms with van der Waals surface area (Å²) in [5.74, 6) is 1.92. The smallest absolute Gasteiger partial charge is 0.00980 e. The van der Waals surface area contributed by atoms with Gasteiger partial charge in [-0.05, 0) is 37.5 Å². The van der Waals surface area contributed by atoms with E-state index in [-0.39, 0.29) is 0 Å². The first kappa shape index (κ1) is 9.51. The standard InChI is InChI=1S/C12H23N/c1-3-10-7-8-12(10)13-11-6-4-5-9(11)2/h9-13H,3-8H2,1-2H3. The molecule has 76 valence electrons. The van der Waals surface area contributed by atoms with Gasteiger partial charge in [-0.2, -0.15) is 0 Å². The van der Waals surface area contributed by atoms with Crippen molar-refractivity contribution in [1.82, 2.24) is 5.32 Å². The van der Waals surface area contributed by atoms with E-state index in [0.29, 0.717) is 0 Å². The maximum absolute atomic E-state index is 3.87. The van der Waals surface area contributed by atoms with Crippen molar-refractivity contribution in [2.45, 2.75) is 64.5 Å². The molecule has 0 saturated heterocycles. The fraction of sp³-hybridized carbons (Fsp3) is 1.00. The first-order valence-corrected chi connectivity index (χ1v) is 6.07. The highest BCUT2D eigenvalue weighted by Gasteiger charge is 2.33. The Labute approximate surface area is 82.3 Å². The molecule has 2 aliphatic rings. The molecule has 0 spiro atoms. The normalized spacial score (nSPS) is 44.8. The van der Waals surface area contributed by atoms with Gasteiger partial charge in [0.15, 0.2) is 0 Å². The van der Waals surface area contributed by atoms with Crippen LogP contribution in [-0.4, -0.2) is 12.1 Å². The first-order chi connectivity index (χ1) is 6.31. The maximum Gasteiger partial charge on any atom is 0.00980 e. The van der Waals surface area contributed by atoms with Crippen LogP contribution < -0.4 is 5.32 Å². The van der Waals surface area contributed by atoms with Gasteiger partial charge in [0.2, 0.25) is 0 Å². The minimum Gasteiger partial charge on any atom is -0.311 e. The molecule has 0 aliphatic heterocycles. The molecule has 0 aromatic heterocycles. The van der Waals surface area contributed by atoms with Gasteiger partial charge in [-0.25, -0.2) is 0 Å². The summed E-state index contributed by atoms with van der Waals surface area (Å²) in [7, 11) is 0. The Morgan fingerprint density at radius 1 is 1.08 bits per heavy atom. The molecule has 2 saturated carbocycles. The minimum atomic E-state index is 0.847. The quantitative estimate of drug-likeness (QED) is 0.706. The van der Waals surface area contributed by atoms with Gasteiger partial charge in [0, 0.05) is 12.1 Å². The van der Waals surface area contributed by atoms with E-state index < -0.39 is 0 Å². The third kappa shape index (κ3) is 1.90. The molecule has 0 radical (unpaired) electrons. The average molecular weight is 181 g/mol. The fourth-order valence-electron chi connectivity index (χ4n) is 2.95. The molecule has 1 heteroatoms. The van der Waals surface area contributed by atoms with Gasteiger partial charge in [0.1, 0.15) is 0 Å². The second kappa shape index (κ2) is 4.00. The fourth-order valence-corrected chi connectivity index (χ4v) is 2.95. The number of hydrogen-bond donors (Lipinski definition) is 1. The van der Waals surface area contributed by atoms with E-state index in [1.54, 1.807) is 0 Å². The predicted molar refractivity (Wildman–Crippen MR) is 56.7 cm³/mol. The van der Waals surface area contributed by atoms with Crippen LogP contribution in [0.4, 0.5) is 0 Å². The van der Waals surface area contributed by atoms with Crippen molar-refractivity contribution in [3.8, 4) is 0 Å². The summed E-state index contributed by atoms with van der Waals surface area (Å²) >= 11 is 0. The Balaban J connectivity index is 1.77. The molecular formula is C12H23N. The summed E-state index contributed by atoms with van der Waals surface area (Å²) in [4.78, 5) is 0. The summed E-state index contributed by atoms with van der Waals surface area (Å²) in [6.45, 7) is 4.74. The largest absolute Gasteiger partial charge is 0.311 e. The van der Waals surface area contributed by atoms with Crippen LogP contribution in [0.5, 0.6) is 0 Å². The van der Waals surface area contributed by atoms with Crippen molar-refractivity contribution >= 4 is 0 Å². The molecule has 0 bridgehead atoms. The van der Waals surface area contributed by atoms with Crippen molar-refractivity contribution in [1.29, 1.82) is 0 Å². The highest BCUT2D eigenvalue weighted by atomic mass is 15.0. The molecule has 0 aromatic carbocycles. The second-order valence-electron chi connectivity index (χ2n) is 5.03. The van der Waals surface area contributed by atoms with Crippen LogP contribution in [0.3, 0.4) is 0 Å². The SMILES string of the molecule is CCC1CCC1NC1CCCC1C. The molecule has 2 aliphatic carbocycles. The van der Waals surface area contributed by atoms with E-state index in [1.807, 2.05) is 0 Å². The molecule has 2 fully saturated rings. The molecule has 0 aromatic rings. The van der Waals surface area contributed by atoms with Crippen molar-refractivity contribution in [2.75, 3.05) is 0 Å². The van der Waals surface area contributed by atoms with Crippen LogP contribution in [0.2, 0.25) is 0 Å². The lowest BCUT2D eigenvalue weighted by atomic mass is 9.77.